The molecule has 0 spiro atoms. The van der Waals surface area contributed by atoms with Crippen molar-refractivity contribution in [1.29, 1.82) is 0 Å². The van der Waals surface area contributed by atoms with Gasteiger partial charge in [-0.2, -0.15) is 0 Å². The fourth-order valence-electron chi connectivity index (χ4n) is 5.32. The number of unbranched alkanes of at least 4 members (excludes halogenated alkanes) is 2. The molecule has 0 bridgehead atoms. The molecular weight excluding hydrogens is 718 g/mol. The van der Waals surface area contributed by atoms with E-state index in [9.17, 15) is 9.59 Å². The summed E-state index contributed by atoms with van der Waals surface area (Å²) in [6, 6.07) is 15.8. The number of ether oxygens (including phenoxy) is 3. The lowest BCUT2D eigenvalue weighted by molar-refractivity contribution is -0.947. The monoisotopic (exact) mass is 768 g/mol. The number of nitrogens with zero attached hydrogens (tertiary/aromatic N) is 8. The smallest absolute Gasteiger partial charge is 0.431 e. The highest BCUT2D eigenvalue weighted by atomic mass is 35.5. The van der Waals surface area contributed by atoms with Gasteiger partial charge in [-0.25, -0.2) is 24.5 Å². The van der Waals surface area contributed by atoms with Crippen molar-refractivity contribution in [3.05, 3.63) is 70.8 Å². The number of carbonyl (C=O) groups is 2. The summed E-state index contributed by atoms with van der Waals surface area (Å²) in [6.45, 7) is 12.0. The zero-order valence-corrected chi connectivity index (χ0v) is 33.0. The number of aromatic amines is 1. The molecule has 0 saturated carbocycles. The number of tetrazole rings is 1. The maximum Gasteiger partial charge on any atom is 0.511 e. The molecule has 0 aliphatic heterocycles. The third kappa shape index (κ3) is 11.6. The molecule has 1 unspecified atom stereocenters. The largest absolute Gasteiger partial charge is 0.511 e. The van der Waals surface area contributed by atoms with E-state index < -0.39 is 24.5 Å². The zero-order chi connectivity index (χ0) is 39.3. The quantitative estimate of drug-likeness (QED) is 0.0248. The van der Waals surface area contributed by atoms with Gasteiger partial charge in [0.05, 0.1) is 12.6 Å². The van der Waals surface area contributed by atoms with Crippen molar-refractivity contribution in [2.75, 3.05) is 20.8 Å². The minimum atomic E-state index is -1.25. The number of esters is 1. The summed E-state index contributed by atoms with van der Waals surface area (Å²) < 4.78 is 17.9. The van der Waals surface area contributed by atoms with Crippen LogP contribution in [0, 0.1) is 0 Å². The standard InChI is InChI=1S/C37H51ClN9O7/c1-9-10-18-31-39-33(38)32(46(31)24-27-19-21-28(22-20-27)29-16-11-12-17-30(29)34-40-42-43-41-34)35(48)53-26(3)54-36(49)52-25(2)15-13-14-23-51-44-47(50-8)45(7)37(4,5)6/h11-12,16-17,19-22,25-26H,9-10,13-15,18,23-24H2,1-8H3,(H,40,41,42,43)/q+1/b47-44-/t25-,26?/m0/s1. The molecule has 54 heavy (non-hydrogen) atoms. The first kappa shape index (κ1) is 41.5. The van der Waals surface area contributed by atoms with E-state index in [1.807, 2.05) is 76.3 Å². The van der Waals surface area contributed by atoms with Crippen LogP contribution < -0.4 is 0 Å². The fraction of sp³-hybridized carbons (Fsp3) is 0.514. The Balaban J connectivity index is 1.32. The van der Waals surface area contributed by atoms with Crippen LogP contribution in [-0.2, 0) is 36.9 Å². The lowest BCUT2D eigenvalue weighted by atomic mass is 9.98. The Morgan fingerprint density at radius 3 is 2.39 bits per heavy atom. The Morgan fingerprint density at radius 1 is 1.02 bits per heavy atom. The second-order valence-corrected chi connectivity index (χ2v) is 14.0. The van der Waals surface area contributed by atoms with E-state index in [0.717, 1.165) is 35.1 Å². The van der Waals surface area contributed by atoms with Crippen molar-refractivity contribution in [1.82, 2.24) is 35.2 Å². The van der Waals surface area contributed by atoms with Gasteiger partial charge in [0.2, 0.25) is 6.29 Å². The normalized spacial score (nSPS) is 12.9. The van der Waals surface area contributed by atoms with E-state index in [1.54, 1.807) is 16.5 Å². The molecule has 0 saturated heterocycles. The van der Waals surface area contributed by atoms with Crippen LogP contribution in [0.25, 0.3) is 22.5 Å². The molecule has 1 N–H and O–H groups in total. The lowest BCUT2D eigenvalue weighted by Crippen LogP contribution is -2.44. The summed E-state index contributed by atoms with van der Waals surface area (Å²) in [5.41, 5.74) is 3.55. The number of imidazole rings is 1. The highest BCUT2D eigenvalue weighted by molar-refractivity contribution is 6.32. The predicted molar refractivity (Wildman–Crippen MR) is 199 cm³/mol. The van der Waals surface area contributed by atoms with E-state index >= 15 is 0 Å². The SMILES string of the molecule is CCCCc1nc(Cl)c(C(=O)OC(C)OC(=O)O[C@@H](C)CCCCO/N=[N+](\OC)N(C)C(C)(C)C)n1Cc1ccc(-c2ccccc2-c2nnn[nH]2)cc1. The van der Waals surface area contributed by atoms with E-state index in [1.165, 1.54) is 19.0 Å². The number of H-pyrrole nitrogens is 1. The molecule has 0 aliphatic carbocycles. The average Bonchev–Trinajstić information content (AvgIpc) is 3.78. The lowest BCUT2D eigenvalue weighted by Gasteiger charge is -2.23. The molecule has 4 aromatic rings. The minimum absolute atomic E-state index is 0.00801. The van der Waals surface area contributed by atoms with Crippen molar-refractivity contribution in [3.8, 4) is 22.5 Å². The van der Waals surface area contributed by atoms with Crippen LogP contribution in [0.2, 0.25) is 5.15 Å². The van der Waals surface area contributed by atoms with Gasteiger partial charge < -0.3 is 23.6 Å². The first-order chi connectivity index (χ1) is 25.8. The third-order valence-electron chi connectivity index (χ3n) is 8.53. The van der Waals surface area contributed by atoms with Crippen molar-refractivity contribution in [2.24, 2.45) is 5.28 Å². The van der Waals surface area contributed by atoms with Crippen molar-refractivity contribution in [2.45, 2.75) is 105 Å². The second-order valence-electron chi connectivity index (χ2n) is 13.7. The molecule has 17 heteroatoms. The van der Waals surface area contributed by atoms with Gasteiger partial charge in [0, 0.05) is 25.5 Å². The number of aromatic nitrogens is 6. The van der Waals surface area contributed by atoms with E-state index in [0.29, 0.717) is 50.5 Å². The highest BCUT2D eigenvalue weighted by Gasteiger charge is 2.30. The van der Waals surface area contributed by atoms with Gasteiger partial charge in [0.25, 0.3) is 10.2 Å². The van der Waals surface area contributed by atoms with Crippen LogP contribution in [0.3, 0.4) is 0 Å². The number of aryl methyl sites for hydroxylation is 1. The molecule has 2 aromatic heterocycles. The van der Waals surface area contributed by atoms with Gasteiger partial charge in [0.15, 0.2) is 23.8 Å². The molecular formula is C37H51ClN9O7+. The molecule has 0 amide bonds. The first-order valence-corrected chi connectivity index (χ1v) is 18.4. The van der Waals surface area contributed by atoms with Gasteiger partial charge >= 0.3 is 12.1 Å². The zero-order valence-electron chi connectivity index (χ0n) is 32.2. The number of hydrogen-bond donors (Lipinski definition) is 1. The maximum absolute atomic E-state index is 13.5. The first-order valence-electron chi connectivity index (χ1n) is 18.0. The summed E-state index contributed by atoms with van der Waals surface area (Å²) >= 11 is 6.54. The van der Waals surface area contributed by atoms with Crippen LogP contribution in [0.15, 0.2) is 53.8 Å². The minimum Gasteiger partial charge on any atom is -0.431 e. The van der Waals surface area contributed by atoms with Gasteiger partial charge in [-0.1, -0.05) is 73.5 Å². The highest BCUT2D eigenvalue weighted by Crippen LogP contribution is 2.30. The molecule has 0 aliphatic rings. The Morgan fingerprint density at radius 2 is 1.74 bits per heavy atom. The second kappa shape index (κ2) is 19.7. The summed E-state index contributed by atoms with van der Waals surface area (Å²) in [4.78, 5) is 42.4. The fourth-order valence-corrected chi connectivity index (χ4v) is 5.59. The average molecular weight is 769 g/mol. The molecule has 2 heterocycles. The predicted octanol–water partition coefficient (Wildman–Crippen LogP) is 7.59. The number of carbonyl (C=O) groups excluding carboxylic acids is 2. The van der Waals surface area contributed by atoms with Crippen LogP contribution in [0.5, 0.6) is 0 Å². The van der Waals surface area contributed by atoms with E-state index in [2.05, 4.69) is 37.8 Å². The number of hydrazine groups is 1. The Labute approximate surface area is 320 Å². The number of nitrogens with one attached hydrogen (secondary N) is 1. The van der Waals surface area contributed by atoms with E-state index in [4.69, 9.17) is 35.5 Å². The van der Waals surface area contributed by atoms with Gasteiger partial charge in [-0.3, -0.25) is 0 Å². The van der Waals surface area contributed by atoms with E-state index in [-0.39, 0.29) is 16.4 Å². The van der Waals surface area contributed by atoms with Crippen molar-refractivity contribution < 1.29 is 38.4 Å². The number of hydrogen-bond acceptors (Lipinski definition) is 12. The van der Waals surface area contributed by atoms with Crippen molar-refractivity contribution >= 4 is 23.7 Å². The Bertz CT molecular complexity index is 1830. The maximum atomic E-state index is 13.5. The van der Waals surface area contributed by atoms with Gasteiger partial charge in [0.1, 0.15) is 18.5 Å². The summed E-state index contributed by atoms with van der Waals surface area (Å²) in [6.07, 6.45) is 1.66. The topological polar surface area (TPSA) is 171 Å². The molecule has 4 rings (SSSR count). The van der Waals surface area contributed by atoms with Crippen molar-refractivity contribution in [3.63, 3.8) is 0 Å². The summed E-state index contributed by atoms with van der Waals surface area (Å²) in [5, 5.41) is 20.1. The number of benzene rings is 2. The van der Waals surface area contributed by atoms with Crippen LogP contribution in [0.1, 0.15) is 95.5 Å². The Hall–Kier alpha value is -5.25. The molecule has 0 radical (unpaired) electrons. The van der Waals surface area contributed by atoms with Crippen LogP contribution >= 0.6 is 11.6 Å². The summed E-state index contributed by atoms with van der Waals surface area (Å²) in [5.74, 6) is 0.438. The van der Waals surface area contributed by atoms with Gasteiger partial charge in [-0.15, -0.1) is 10.1 Å². The number of halogens is 1. The van der Waals surface area contributed by atoms with Crippen LogP contribution in [-0.4, -0.2) is 91.0 Å². The third-order valence-corrected chi connectivity index (χ3v) is 8.80. The number of rotatable bonds is 19. The Kier molecular flexibility index (Phi) is 15.2. The van der Waals surface area contributed by atoms with Gasteiger partial charge in [-0.05, 0) is 80.5 Å². The molecule has 2 atom stereocenters. The molecule has 292 valence electrons. The summed E-state index contributed by atoms with van der Waals surface area (Å²) in [7, 11) is 3.35. The molecule has 0 fully saturated rings. The molecule has 16 nitrogen and oxygen atoms in total. The van der Waals surface area contributed by atoms with Crippen LogP contribution in [0.4, 0.5) is 4.79 Å². The molecule has 2 aromatic carbocycles.